The van der Waals surface area contributed by atoms with Crippen LogP contribution in [0.2, 0.25) is 0 Å². The Hall–Kier alpha value is -1.43. The number of carbonyl (C=O) groups is 1. The molecule has 4 N–H and O–H groups in total. The van der Waals surface area contributed by atoms with Gasteiger partial charge >= 0.3 is 0 Å². The fourth-order valence-electron chi connectivity index (χ4n) is 4.24. The third-order valence-corrected chi connectivity index (χ3v) is 6.66. The molecule has 0 radical (unpaired) electrons. The van der Waals surface area contributed by atoms with E-state index in [4.69, 9.17) is 0 Å². The zero-order valence-corrected chi connectivity index (χ0v) is 24.1. The molecule has 5 heteroatoms. The molecule has 37 heavy (non-hydrogen) atoms. The molecular formula is C32H59NO4. The third-order valence-electron chi connectivity index (χ3n) is 6.66. The number of nitrogens with one attached hydrogen (secondary N) is 1. The molecule has 1 amide bonds. The van der Waals surface area contributed by atoms with Gasteiger partial charge in [-0.1, -0.05) is 127 Å². The monoisotopic (exact) mass is 521 g/mol. The maximum absolute atomic E-state index is 12.3. The largest absolute Gasteiger partial charge is 0.394 e. The van der Waals surface area contributed by atoms with Crippen molar-refractivity contribution < 1.29 is 20.1 Å². The van der Waals surface area contributed by atoms with E-state index in [2.05, 4.69) is 43.5 Å². The van der Waals surface area contributed by atoms with E-state index < -0.39 is 18.2 Å². The van der Waals surface area contributed by atoms with Crippen LogP contribution in [0.1, 0.15) is 136 Å². The average Bonchev–Trinajstić information content (AvgIpc) is 2.88. The van der Waals surface area contributed by atoms with Gasteiger partial charge in [0.05, 0.1) is 31.3 Å². The van der Waals surface area contributed by atoms with Crippen LogP contribution in [0.15, 0.2) is 36.5 Å². The Balaban J connectivity index is 3.91. The van der Waals surface area contributed by atoms with Gasteiger partial charge in [-0.15, -0.1) is 0 Å². The summed E-state index contributed by atoms with van der Waals surface area (Å²) in [6.45, 7) is 4.09. The number of amides is 1. The Labute approximate surface area is 228 Å². The summed E-state index contributed by atoms with van der Waals surface area (Å²) < 4.78 is 0. The summed E-state index contributed by atoms with van der Waals surface area (Å²) in [5, 5.41) is 32.7. The molecule has 0 saturated heterocycles. The van der Waals surface area contributed by atoms with E-state index in [1.54, 1.807) is 6.08 Å². The lowest BCUT2D eigenvalue weighted by Gasteiger charge is -2.21. The molecule has 0 aromatic heterocycles. The smallest absolute Gasteiger partial charge is 0.222 e. The van der Waals surface area contributed by atoms with Crippen LogP contribution in [0.25, 0.3) is 0 Å². The average molecular weight is 522 g/mol. The molecule has 0 fully saturated rings. The van der Waals surface area contributed by atoms with Crippen molar-refractivity contribution in [2.75, 3.05) is 6.61 Å². The zero-order chi connectivity index (χ0) is 27.4. The van der Waals surface area contributed by atoms with E-state index in [0.717, 1.165) is 38.5 Å². The van der Waals surface area contributed by atoms with Gasteiger partial charge in [-0.05, 0) is 38.5 Å². The summed E-state index contributed by atoms with van der Waals surface area (Å²) in [6.07, 6.45) is 31.2. The molecule has 0 spiro atoms. The van der Waals surface area contributed by atoms with Gasteiger partial charge in [0.2, 0.25) is 5.91 Å². The second-order valence-corrected chi connectivity index (χ2v) is 10.3. The maximum Gasteiger partial charge on any atom is 0.222 e. The van der Waals surface area contributed by atoms with Crippen molar-refractivity contribution >= 4 is 5.91 Å². The highest BCUT2D eigenvalue weighted by Gasteiger charge is 2.19. The molecule has 0 aliphatic rings. The van der Waals surface area contributed by atoms with E-state index in [0.29, 0.717) is 6.42 Å². The molecule has 216 valence electrons. The molecule has 3 atom stereocenters. The number of aliphatic hydroxyl groups excluding tert-OH is 3. The van der Waals surface area contributed by atoms with Crippen molar-refractivity contribution in [1.29, 1.82) is 0 Å². The van der Waals surface area contributed by atoms with Crippen LogP contribution in [0.4, 0.5) is 0 Å². The van der Waals surface area contributed by atoms with Gasteiger partial charge in [-0.2, -0.15) is 0 Å². The molecule has 0 heterocycles. The lowest BCUT2D eigenvalue weighted by molar-refractivity contribution is -0.124. The number of rotatable bonds is 26. The molecule has 0 aromatic rings. The van der Waals surface area contributed by atoms with Crippen LogP contribution in [0.5, 0.6) is 0 Å². The minimum atomic E-state index is -0.953. The molecular weight excluding hydrogens is 462 g/mol. The number of allylic oxidation sites excluding steroid dienone is 5. The van der Waals surface area contributed by atoms with E-state index >= 15 is 0 Å². The summed E-state index contributed by atoms with van der Waals surface area (Å²) in [5.41, 5.74) is 0. The highest BCUT2D eigenvalue weighted by molar-refractivity contribution is 5.76. The van der Waals surface area contributed by atoms with Crippen molar-refractivity contribution in [2.24, 2.45) is 0 Å². The number of hydrogen-bond donors (Lipinski definition) is 4. The molecule has 3 unspecified atom stereocenters. The van der Waals surface area contributed by atoms with Crippen LogP contribution < -0.4 is 5.32 Å². The van der Waals surface area contributed by atoms with Crippen molar-refractivity contribution in [3.63, 3.8) is 0 Å². The second-order valence-electron chi connectivity index (χ2n) is 10.3. The van der Waals surface area contributed by atoms with Gasteiger partial charge < -0.3 is 20.6 Å². The first-order valence-electron chi connectivity index (χ1n) is 15.3. The van der Waals surface area contributed by atoms with Crippen molar-refractivity contribution in [1.82, 2.24) is 5.32 Å². The first-order chi connectivity index (χ1) is 18.0. The minimum Gasteiger partial charge on any atom is -0.394 e. The van der Waals surface area contributed by atoms with Gasteiger partial charge in [0.1, 0.15) is 0 Å². The normalized spacial score (nSPS) is 14.6. The van der Waals surface area contributed by atoms with E-state index in [9.17, 15) is 20.1 Å². The fraction of sp³-hybridized carbons (Fsp3) is 0.781. The molecule has 5 nitrogen and oxygen atoms in total. The van der Waals surface area contributed by atoms with Crippen LogP contribution in [-0.4, -0.2) is 46.1 Å². The minimum absolute atomic E-state index is 0.00293. The third kappa shape index (κ3) is 24.7. The van der Waals surface area contributed by atoms with Crippen LogP contribution in [0.3, 0.4) is 0 Å². The van der Waals surface area contributed by atoms with Crippen molar-refractivity contribution in [3.05, 3.63) is 36.5 Å². The fourth-order valence-corrected chi connectivity index (χ4v) is 4.24. The Bertz CT molecular complexity index is 587. The molecule has 0 aliphatic carbocycles. The van der Waals surface area contributed by atoms with Crippen molar-refractivity contribution in [2.45, 2.75) is 154 Å². The Kier molecular flexibility index (Phi) is 26.5. The van der Waals surface area contributed by atoms with Crippen molar-refractivity contribution in [3.8, 4) is 0 Å². The lowest BCUT2D eigenvalue weighted by Crippen LogP contribution is -2.45. The van der Waals surface area contributed by atoms with Gasteiger partial charge in [-0.25, -0.2) is 0 Å². The van der Waals surface area contributed by atoms with Crippen LogP contribution >= 0.6 is 0 Å². The number of unbranched alkanes of at least 4 members (excludes halogenated alkanes) is 13. The lowest BCUT2D eigenvalue weighted by atomic mass is 10.0. The van der Waals surface area contributed by atoms with Gasteiger partial charge in [0.25, 0.3) is 0 Å². The Morgan fingerprint density at radius 2 is 1.16 bits per heavy atom. The predicted octanol–water partition coefficient (Wildman–Crippen LogP) is 7.31. The van der Waals surface area contributed by atoms with Gasteiger partial charge in [-0.3, -0.25) is 4.79 Å². The van der Waals surface area contributed by atoms with Crippen LogP contribution in [-0.2, 0) is 4.79 Å². The summed E-state index contributed by atoms with van der Waals surface area (Å²) in [4.78, 5) is 12.3. The van der Waals surface area contributed by atoms with E-state index in [1.807, 2.05) is 6.08 Å². The standard InChI is InChI=1S/C32H59NO4/c1-3-5-7-9-11-13-15-16-18-20-22-24-26-31(36)30(28-34)33-32(37)27-29(35)25-23-21-19-17-14-12-10-8-6-4-2/h9,11,16,18,24,26,29-31,34-36H,3-8,10,12-15,17,19-23,25,27-28H2,1-2H3,(H,33,37)/b11-9+,18-16+,26-24+. The molecule has 0 aromatic carbocycles. The predicted molar refractivity (Wildman–Crippen MR) is 158 cm³/mol. The topological polar surface area (TPSA) is 89.8 Å². The second kappa shape index (κ2) is 27.6. The summed E-state index contributed by atoms with van der Waals surface area (Å²) >= 11 is 0. The molecule has 0 bridgehead atoms. The Morgan fingerprint density at radius 3 is 1.70 bits per heavy atom. The first kappa shape index (κ1) is 35.6. The van der Waals surface area contributed by atoms with Gasteiger partial charge in [0, 0.05) is 0 Å². The zero-order valence-electron chi connectivity index (χ0n) is 24.1. The summed E-state index contributed by atoms with van der Waals surface area (Å²) in [7, 11) is 0. The SMILES string of the molecule is CCCC/C=C/CC/C=C/CC/C=C/C(O)C(CO)NC(=O)CC(O)CCCCCCCCCCCC. The summed E-state index contributed by atoms with van der Waals surface area (Å²) in [5.74, 6) is -0.335. The Morgan fingerprint density at radius 1 is 0.676 bits per heavy atom. The van der Waals surface area contributed by atoms with E-state index in [-0.39, 0.29) is 18.9 Å². The van der Waals surface area contributed by atoms with E-state index in [1.165, 1.54) is 70.6 Å². The number of carbonyl (C=O) groups excluding carboxylic acids is 1. The maximum atomic E-state index is 12.3. The first-order valence-corrected chi connectivity index (χ1v) is 15.3. The van der Waals surface area contributed by atoms with Gasteiger partial charge in [0.15, 0.2) is 0 Å². The molecule has 0 saturated carbocycles. The highest BCUT2D eigenvalue weighted by atomic mass is 16.3. The molecule has 0 rings (SSSR count). The quantitative estimate of drug-likeness (QED) is 0.0710. The highest BCUT2D eigenvalue weighted by Crippen LogP contribution is 2.13. The number of aliphatic hydroxyl groups is 3. The van der Waals surface area contributed by atoms with Crippen LogP contribution in [0, 0.1) is 0 Å². The molecule has 0 aliphatic heterocycles. The number of hydrogen-bond acceptors (Lipinski definition) is 4. The summed E-state index contributed by atoms with van der Waals surface area (Å²) in [6, 6.07) is -0.761.